The van der Waals surface area contributed by atoms with Crippen molar-refractivity contribution in [3.8, 4) is 0 Å². The molecule has 20 heavy (non-hydrogen) atoms. The van der Waals surface area contributed by atoms with E-state index in [1.54, 1.807) is 11.0 Å². The molecule has 0 aliphatic carbocycles. The molecule has 106 valence electrons. The van der Waals surface area contributed by atoms with Gasteiger partial charge in [0.25, 0.3) is 0 Å². The average Bonchev–Trinajstić information content (AvgIpc) is 2.87. The first-order valence-electron chi connectivity index (χ1n) is 6.43. The molecule has 1 aliphatic heterocycles. The number of carboxylic acids is 1. The van der Waals surface area contributed by atoms with E-state index >= 15 is 0 Å². The molecule has 1 aliphatic rings. The monoisotopic (exact) mass is 337 g/mol. The lowest BCUT2D eigenvalue weighted by Gasteiger charge is -2.12. The fraction of sp³-hybridized carbons (Fsp3) is 0.333. The molecule has 1 atom stereocenters. The van der Waals surface area contributed by atoms with Gasteiger partial charge in [0.15, 0.2) is 0 Å². The highest BCUT2D eigenvalue weighted by atomic mass is 79.9. The van der Waals surface area contributed by atoms with Crippen molar-refractivity contribution in [1.82, 2.24) is 4.90 Å². The van der Waals surface area contributed by atoms with Gasteiger partial charge in [0.2, 0.25) is 5.91 Å². The van der Waals surface area contributed by atoms with Crippen LogP contribution < -0.4 is 0 Å². The predicted molar refractivity (Wildman–Crippen MR) is 80.2 cm³/mol. The van der Waals surface area contributed by atoms with Crippen LogP contribution in [0.1, 0.15) is 17.5 Å². The zero-order chi connectivity index (χ0) is 14.7. The lowest BCUT2D eigenvalue weighted by atomic mass is 10.1. The van der Waals surface area contributed by atoms with E-state index in [2.05, 4.69) is 15.9 Å². The van der Waals surface area contributed by atoms with Crippen molar-refractivity contribution >= 4 is 33.9 Å². The third kappa shape index (κ3) is 3.48. The number of amides is 1. The number of hydrogen-bond acceptors (Lipinski definition) is 2. The van der Waals surface area contributed by atoms with E-state index in [1.165, 1.54) is 6.08 Å². The molecule has 0 saturated carbocycles. The number of aryl methyl sites for hydroxylation is 1. The van der Waals surface area contributed by atoms with E-state index in [4.69, 9.17) is 5.11 Å². The molecule has 1 heterocycles. The minimum absolute atomic E-state index is 0.138. The number of hydrogen-bond donors (Lipinski definition) is 1. The van der Waals surface area contributed by atoms with Crippen molar-refractivity contribution in [2.45, 2.75) is 13.3 Å². The molecule has 1 aromatic carbocycles. The maximum atomic E-state index is 12.0. The van der Waals surface area contributed by atoms with Crippen LogP contribution in [-0.2, 0) is 9.59 Å². The third-order valence-corrected chi connectivity index (χ3v) is 4.10. The van der Waals surface area contributed by atoms with E-state index in [1.807, 2.05) is 25.1 Å². The van der Waals surface area contributed by atoms with Crippen LogP contribution in [0.4, 0.5) is 0 Å². The topological polar surface area (TPSA) is 57.6 Å². The van der Waals surface area contributed by atoms with Gasteiger partial charge < -0.3 is 10.0 Å². The molecule has 0 bridgehead atoms. The first-order valence-corrected chi connectivity index (χ1v) is 7.22. The van der Waals surface area contributed by atoms with Gasteiger partial charge in [-0.05, 0) is 36.6 Å². The molecule has 5 heteroatoms. The van der Waals surface area contributed by atoms with Gasteiger partial charge in [-0.1, -0.05) is 28.1 Å². The molecule has 1 unspecified atom stereocenters. The van der Waals surface area contributed by atoms with Gasteiger partial charge in [0, 0.05) is 23.6 Å². The fourth-order valence-electron chi connectivity index (χ4n) is 2.20. The summed E-state index contributed by atoms with van der Waals surface area (Å²) in [4.78, 5) is 24.4. The number of halogens is 1. The lowest BCUT2D eigenvalue weighted by molar-refractivity contribution is -0.141. The summed E-state index contributed by atoms with van der Waals surface area (Å²) >= 11 is 3.46. The number of rotatable bonds is 3. The molecular formula is C15H16BrNO3. The summed E-state index contributed by atoms with van der Waals surface area (Å²) in [5.74, 6) is -1.40. The number of carboxylic acid groups (broad SMARTS) is 1. The predicted octanol–water partition coefficient (Wildman–Crippen LogP) is 2.70. The Kier molecular flexibility index (Phi) is 4.60. The summed E-state index contributed by atoms with van der Waals surface area (Å²) in [6.07, 6.45) is 3.78. The Labute approximate surface area is 126 Å². The normalized spacial score (nSPS) is 18.7. The largest absolute Gasteiger partial charge is 0.481 e. The van der Waals surface area contributed by atoms with Gasteiger partial charge in [-0.3, -0.25) is 9.59 Å². The third-order valence-electron chi connectivity index (χ3n) is 3.41. The number of carbonyl (C=O) groups excluding carboxylic acids is 1. The quantitative estimate of drug-likeness (QED) is 0.862. The van der Waals surface area contributed by atoms with Gasteiger partial charge in [-0.2, -0.15) is 0 Å². The highest BCUT2D eigenvalue weighted by molar-refractivity contribution is 9.10. The van der Waals surface area contributed by atoms with E-state index in [0.717, 1.165) is 15.6 Å². The Hall–Kier alpha value is -1.62. The minimum Gasteiger partial charge on any atom is -0.481 e. The summed E-state index contributed by atoms with van der Waals surface area (Å²) in [7, 11) is 0. The highest BCUT2D eigenvalue weighted by Crippen LogP contribution is 2.21. The molecule has 0 aromatic heterocycles. The summed E-state index contributed by atoms with van der Waals surface area (Å²) in [6.45, 7) is 2.81. The summed E-state index contributed by atoms with van der Waals surface area (Å²) in [5.41, 5.74) is 2.07. The Morgan fingerprint density at radius 3 is 2.80 bits per heavy atom. The number of nitrogens with zero attached hydrogens (tertiary/aromatic N) is 1. The van der Waals surface area contributed by atoms with E-state index in [-0.39, 0.29) is 5.91 Å². The van der Waals surface area contributed by atoms with Crippen molar-refractivity contribution in [2.24, 2.45) is 5.92 Å². The summed E-state index contributed by atoms with van der Waals surface area (Å²) in [6, 6.07) is 5.90. The maximum absolute atomic E-state index is 12.0. The molecule has 4 nitrogen and oxygen atoms in total. The second kappa shape index (κ2) is 6.22. The van der Waals surface area contributed by atoms with Gasteiger partial charge in [0.1, 0.15) is 0 Å². The maximum Gasteiger partial charge on any atom is 0.308 e. The lowest BCUT2D eigenvalue weighted by Crippen LogP contribution is -2.28. The molecule has 1 aromatic rings. The van der Waals surface area contributed by atoms with Crippen LogP contribution in [0, 0.1) is 12.8 Å². The smallest absolute Gasteiger partial charge is 0.308 e. The Bertz CT molecular complexity index is 568. The van der Waals surface area contributed by atoms with E-state index < -0.39 is 11.9 Å². The first kappa shape index (κ1) is 14.8. The number of aliphatic carboxylic acids is 1. The molecule has 2 rings (SSSR count). The van der Waals surface area contributed by atoms with Gasteiger partial charge in [-0.25, -0.2) is 0 Å². The number of benzene rings is 1. The Morgan fingerprint density at radius 2 is 2.20 bits per heavy atom. The first-order chi connectivity index (χ1) is 9.47. The van der Waals surface area contributed by atoms with Crippen molar-refractivity contribution in [1.29, 1.82) is 0 Å². The molecule has 1 fully saturated rings. The van der Waals surface area contributed by atoms with Crippen LogP contribution in [0.25, 0.3) is 6.08 Å². The standard InChI is InChI=1S/C15H16BrNO3/c1-10-2-3-11(13(16)8-10)4-5-14(18)17-7-6-12(9-17)15(19)20/h2-5,8,12H,6-7,9H2,1H3,(H,19,20). The Morgan fingerprint density at radius 1 is 1.45 bits per heavy atom. The van der Waals surface area contributed by atoms with Crippen LogP contribution in [0.2, 0.25) is 0 Å². The van der Waals surface area contributed by atoms with Gasteiger partial charge in [0.05, 0.1) is 5.92 Å². The number of likely N-dealkylation sites (tertiary alicyclic amines) is 1. The zero-order valence-electron chi connectivity index (χ0n) is 11.2. The molecule has 1 saturated heterocycles. The molecular weight excluding hydrogens is 322 g/mol. The number of carbonyl (C=O) groups is 2. The molecule has 1 amide bonds. The highest BCUT2D eigenvalue weighted by Gasteiger charge is 2.29. The van der Waals surface area contributed by atoms with Crippen LogP contribution in [0.5, 0.6) is 0 Å². The second-order valence-corrected chi connectivity index (χ2v) is 5.82. The van der Waals surface area contributed by atoms with Crippen molar-refractivity contribution in [2.75, 3.05) is 13.1 Å². The van der Waals surface area contributed by atoms with Crippen LogP contribution in [0.15, 0.2) is 28.7 Å². The average molecular weight is 338 g/mol. The van der Waals surface area contributed by atoms with Gasteiger partial charge >= 0.3 is 5.97 Å². The molecule has 0 spiro atoms. The molecule has 0 radical (unpaired) electrons. The van der Waals surface area contributed by atoms with Crippen LogP contribution in [-0.4, -0.2) is 35.0 Å². The second-order valence-electron chi connectivity index (χ2n) is 4.97. The fourth-order valence-corrected chi connectivity index (χ4v) is 2.82. The summed E-state index contributed by atoms with van der Waals surface area (Å²) in [5, 5.41) is 8.92. The van der Waals surface area contributed by atoms with E-state index in [9.17, 15) is 9.59 Å². The SMILES string of the molecule is Cc1ccc(C=CC(=O)N2CCC(C(=O)O)C2)c(Br)c1. The van der Waals surface area contributed by atoms with Crippen molar-refractivity contribution < 1.29 is 14.7 Å². The van der Waals surface area contributed by atoms with Crippen molar-refractivity contribution in [3.63, 3.8) is 0 Å². The van der Waals surface area contributed by atoms with Crippen LogP contribution >= 0.6 is 15.9 Å². The van der Waals surface area contributed by atoms with Crippen molar-refractivity contribution in [3.05, 3.63) is 39.9 Å². The minimum atomic E-state index is -0.828. The van der Waals surface area contributed by atoms with E-state index in [0.29, 0.717) is 19.5 Å². The Balaban J connectivity index is 2.01. The van der Waals surface area contributed by atoms with Gasteiger partial charge in [-0.15, -0.1) is 0 Å². The molecule has 1 N–H and O–H groups in total. The van der Waals surface area contributed by atoms with Crippen LogP contribution in [0.3, 0.4) is 0 Å². The zero-order valence-corrected chi connectivity index (χ0v) is 12.8. The summed E-state index contributed by atoms with van der Waals surface area (Å²) < 4.78 is 0.936.